The van der Waals surface area contributed by atoms with Gasteiger partial charge >= 0.3 is 5.97 Å². The highest BCUT2D eigenvalue weighted by Gasteiger charge is 2.33. The number of aliphatic carboxylic acids is 1. The Labute approximate surface area is 240 Å². The zero-order valence-corrected chi connectivity index (χ0v) is 24.2. The lowest BCUT2D eigenvalue weighted by Crippen LogP contribution is -2.41. The quantitative estimate of drug-likeness (QED) is 0.294. The first kappa shape index (κ1) is 29.6. The molecule has 0 unspecified atom stereocenters. The molecule has 8 heteroatoms. The number of hydrogen-bond acceptors (Lipinski definition) is 6. The molecular formula is C32H38N2O5S. The molecule has 2 N–H and O–H groups in total. The lowest BCUT2D eigenvalue weighted by Gasteiger charge is -2.25. The number of para-hydroxylation sites is 1. The highest BCUT2D eigenvalue weighted by Crippen LogP contribution is 2.30. The summed E-state index contributed by atoms with van der Waals surface area (Å²) in [6, 6.07) is 22.8. The van der Waals surface area contributed by atoms with Crippen LogP contribution in [0.15, 0.2) is 72.8 Å². The van der Waals surface area contributed by atoms with Crippen LogP contribution < -0.4 is 10.1 Å². The molecule has 3 aromatic carbocycles. The van der Waals surface area contributed by atoms with Crippen LogP contribution in [0.1, 0.15) is 34.3 Å². The maximum atomic E-state index is 13.4. The molecule has 0 saturated carbocycles. The first-order valence-electron chi connectivity index (χ1n) is 13.6. The second kappa shape index (κ2) is 14.3. The smallest absolute Gasteiger partial charge is 0.326 e. The summed E-state index contributed by atoms with van der Waals surface area (Å²) in [7, 11) is 1.75. The maximum absolute atomic E-state index is 13.4. The van der Waals surface area contributed by atoms with Crippen molar-refractivity contribution in [1.82, 2.24) is 10.2 Å². The number of thioether (sulfide) groups is 1. The standard InChI is InChI=1S/C32H38N2O5S/c1-22-9-7-8-12-27(22)29-17-23(13-14-28(29)31(35)33-30(32(36)37)15-16-40-3)19-34-20-26(38-2)18-24(34)21-39-25-10-5-4-6-11-25/h4-14,17,24,26,30H,15-16,18-21H2,1-3H3,(H,33,35)(H,36,37)/t24-,26-,30+/m1/s1. The summed E-state index contributed by atoms with van der Waals surface area (Å²) in [5, 5.41) is 12.4. The lowest BCUT2D eigenvalue weighted by atomic mass is 9.93. The molecule has 1 fully saturated rings. The van der Waals surface area contributed by atoms with E-state index >= 15 is 0 Å². The Morgan fingerprint density at radius 3 is 2.52 bits per heavy atom. The van der Waals surface area contributed by atoms with Crippen LogP contribution in [0.5, 0.6) is 5.75 Å². The van der Waals surface area contributed by atoms with E-state index in [1.54, 1.807) is 18.9 Å². The van der Waals surface area contributed by atoms with Crippen LogP contribution in [0.25, 0.3) is 11.1 Å². The van der Waals surface area contributed by atoms with Gasteiger partial charge in [-0.05, 0) is 78.3 Å². The van der Waals surface area contributed by atoms with E-state index in [2.05, 4.69) is 16.3 Å². The van der Waals surface area contributed by atoms with Gasteiger partial charge in [0.15, 0.2) is 0 Å². The molecule has 3 atom stereocenters. The number of benzene rings is 3. The molecular weight excluding hydrogens is 524 g/mol. The molecule has 40 heavy (non-hydrogen) atoms. The molecule has 0 spiro atoms. The van der Waals surface area contributed by atoms with Crippen molar-refractivity contribution in [2.24, 2.45) is 0 Å². The topological polar surface area (TPSA) is 88.1 Å². The first-order valence-corrected chi connectivity index (χ1v) is 14.9. The number of carboxylic acid groups (broad SMARTS) is 1. The summed E-state index contributed by atoms with van der Waals surface area (Å²) in [5.41, 5.74) is 4.31. The van der Waals surface area contributed by atoms with Crippen LogP contribution in [0.2, 0.25) is 0 Å². The van der Waals surface area contributed by atoms with Crippen molar-refractivity contribution < 1.29 is 24.2 Å². The Kier molecular flexibility index (Phi) is 10.6. The largest absolute Gasteiger partial charge is 0.492 e. The number of amides is 1. The van der Waals surface area contributed by atoms with Gasteiger partial charge in [0, 0.05) is 31.8 Å². The predicted molar refractivity (Wildman–Crippen MR) is 160 cm³/mol. The number of carbonyl (C=O) groups is 2. The Balaban J connectivity index is 1.59. The molecule has 212 valence electrons. The molecule has 1 aliphatic heterocycles. The zero-order chi connectivity index (χ0) is 28.5. The molecule has 3 aromatic rings. The monoisotopic (exact) mass is 562 g/mol. The van der Waals surface area contributed by atoms with Crippen LogP contribution in [-0.4, -0.2) is 72.3 Å². The number of nitrogens with zero attached hydrogens (tertiary/aromatic N) is 1. The Morgan fingerprint density at radius 2 is 1.82 bits per heavy atom. The fraction of sp³-hybridized carbons (Fsp3) is 0.375. The van der Waals surface area contributed by atoms with Crippen molar-refractivity contribution in [3.63, 3.8) is 0 Å². The Hall–Kier alpha value is -3.33. The van der Waals surface area contributed by atoms with Gasteiger partial charge in [0.2, 0.25) is 0 Å². The SMILES string of the molecule is CO[C@@H]1C[C@H](COc2ccccc2)N(Cc2ccc(C(=O)N[C@@H](CCSC)C(=O)O)c(-c3ccccc3C)c2)C1. The number of rotatable bonds is 13. The van der Waals surface area contributed by atoms with E-state index in [1.165, 1.54) is 0 Å². The van der Waals surface area contributed by atoms with E-state index in [4.69, 9.17) is 9.47 Å². The van der Waals surface area contributed by atoms with E-state index in [1.807, 2.05) is 79.9 Å². The third-order valence-electron chi connectivity index (χ3n) is 7.37. The second-order valence-electron chi connectivity index (χ2n) is 10.1. The number of methoxy groups -OCH3 is 1. The average Bonchev–Trinajstić information content (AvgIpc) is 3.36. The fourth-order valence-electron chi connectivity index (χ4n) is 5.13. The fourth-order valence-corrected chi connectivity index (χ4v) is 5.61. The van der Waals surface area contributed by atoms with E-state index in [9.17, 15) is 14.7 Å². The minimum atomic E-state index is -1.03. The predicted octanol–water partition coefficient (Wildman–Crippen LogP) is 5.27. The third-order valence-corrected chi connectivity index (χ3v) is 8.02. The van der Waals surface area contributed by atoms with Crippen molar-refractivity contribution in [3.8, 4) is 16.9 Å². The van der Waals surface area contributed by atoms with Crippen molar-refractivity contribution >= 4 is 23.6 Å². The van der Waals surface area contributed by atoms with Crippen molar-refractivity contribution in [1.29, 1.82) is 0 Å². The molecule has 7 nitrogen and oxygen atoms in total. The Morgan fingerprint density at radius 1 is 1.07 bits per heavy atom. The maximum Gasteiger partial charge on any atom is 0.326 e. The van der Waals surface area contributed by atoms with Gasteiger partial charge in [-0.1, -0.05) is 48.5 Å². The average molecular weight is 563 g/mol. The number of nitrogens with one attached hydrogen (secondary N) is 1. The van der Waals surface area contributed by atoms with Gasteiger partial charge in [-0.2, -0.15) is 11.8 Å². The highest BCUT2D eigenvalue weighted by molar-refractivity contribution is 7.98. The van der Waals surface area contributed by atoms with Crippen molar-refractivity contribution in [2.45, 2.75) is 44.5 Å². The van der Waals surface area contributed by atoms with Crippen LogP contribution in [0.3, 0.4) is 0 Å². The number of carbonyl (C=O) groups excluding carboxylic acids is 1. The molecule has 0 bridgehead atoms. The lowest BCUT2D eigenvalue weighted by molar-refractivity contribution is -0.139. The first-order chi connectivity index (χ1) is 19.4. The van der Waals surface area contributed by atoms with Gasteiger partial charge in [0.05, 0.1) is 6.10 Å². The van der Waals surface area contributed by atoms with Gasteiger partial charge in [-0.3, -0.25) is 9.69 Å². The number of carboxylic acids is 1. The minimum Gasteiger partial charge on any atom is -0.492 e. The van der Waals surface area contributed by atoms with Crippen molar-refractivity contribution in [3.05, 3.63) is 89.5 Å². The van der Waals surface area contributed by atoms with E-state index in [-0.39, 0.29) is 18.1 Å². The third kappa shape index (κ3) is 7.65. The number of hydrogen-bond donors (Lipinski definition) is 2. The minimum absolute atomic E-state index is 0.125. The van der Waals surface area contributed by atoms with E-state index in [0.29, 0.717) is 30.9 Å². The van der Waals surface area contributed by atoms with Crippen LogP contribution in [-0.2, 0) is 16.1 Å². The molecule has 1 heterocycles. The van der Waals surface area contributed by atoms with Crippen LogP contribution >= 0.6 is 11.8 Å². The van der Waals surface area contributed by atoms with Gasteiger partial charge in [0.1, 0.15) is 18.4 Å². The number of likely N-dealkylation sites (tertiary alicyclic amines) is 1. The van der Waals surface area contributed by atoms with Gasteiger partial charge < -0.3 is 19.9 Å². The second-order valence-corrected chi connectivity index (χ2v) is 11.1. The summed E-state index contributed by atoms with van der Waals surface area (Å²) in [6.45, 7) is 4.04. The van der Waals surface area contributed by atoms with Gasteiger partial charge in [-0.15, -0.1) is 0 Å². The molecule has 0 radical (unpaired) electrons. The summed E-state index contributed by atoms with van der Waals surface area (Å²) in [5.74, 6) is 0.0848. The zero-order valence-electron chi connectivity index (χ0n) is 23.3. The molecule has 1 aliphatic rings. The molecule has 1 amide bonds. The van der Waals surface area contributed by atoms with Crippen molar-refractivity contribution in [2.75, 3.05) is 32.3 Å². The number of ether oxygens (including phenoxy) is 2. The van der Waals surface area contributed by atoms with Crippen LogP contribution in [0, 0.1) is 6.92 Å². The van der Waals surface area contributed by atoms with Gasteiger partial charge in [0.25, 0.3) is 5.91 Å². The molecule has 1 saturated heterocycles. The molecule has 4 rings (SSSR count). The van der Waals surface area contributed by atoms with E-state index in [0.717, 1.165) is 41.0 Å². The summed E-state index contributed by atoms with van der Waals surface area (Å²) < 4.78 is 11.8. The number of aryl methyl sites for hydroxylation is 1. The summed E-state index contributed by atoms with van der Waals surface area (Å²) in [6.07, 6.45) is 3.28. The molecule has 0 aromatic heterocycles. The summed E-state index contributed by atoms with van der Waals surface area (Å²) >= 11 is 1.56. The van der Waals surface area contributed by atoms with Crippen LogP contribution in [0.4, 0.5) is 0 Å². The summed E-state index contributed by atoms with van der Waals surface area (Å²) in [4.78, 5) is 27.6. The van der Waals surface area contributed by atoms with E-state index < -0.39 is 12.0 Å². The Bertz CT molecular complexity index is 1290. The highest BCUT2D eigenvalue weighted by atomic mass is 32.2. The normalized spacial score (nSPS) is 17.9. The molecule has 0 aliphatic carbocycles. The van der Waals surface area contributed by atoms with Gasteiger partial charge in [-0.25, -0.2) is 4.79 Å².